The summed E-state index contributed by atoms with van der Waals surface area (Å²) >= 11 is 0. The molecule has 0 radical (unpaired) electrons. The minimum absolute atomic E-state index is 0.305. The van der Waals surface area contributed by atoms with Crippen LogP contribution in [-0.4, -0.2) is 31.3 Å². The first kappa shape index (κ1) is 21.5. The second-order valence-electron chi connectivity index (χ2n) is 6.55. The lowest BCUT2D eigenvalue weighted by molar-refractivity contribution is 0.102. The fraction of sp³-hybridized carbons (Fsp3) is 0.130. The summed E-state index contributed by atoms with van der Waals surface area (Å²) in [7, 11) is 3.17. The van der Waals surface area contributed by atoms with Crippen LogP contribution in [0.3, 0.4) is 0 Å². The zero-order valence-corrected chi connectivity index (χ0v) is 17.1. The molecule has 160 valence electrons. The highest BCUT2D eigenvalue weighted by atomic mass is 16.5. The van der Waals surface area contributed by atoms with Crippen molar-refractivity contribution in [2.24, 2.45) is 0 Å². The van der Waals surface area contributed by atoms with E-state index in [4.69, 9.17) is 14.6 Å². The van der Waals surface area contributed by atoms with Crippen LogP contribution in [0.5, 0.6) is 11.5 Å². The largest absolute Gasteiger partial charge is 0.493 e. The number of rotatable bonds is 8. The molecule has 4 N–H and O–H groups in total. The Bertz CT molecular complexity index is 1070. The highest BCUT2D eigenvalue weighted by Gasteiger charge is 2.11. The Morgan fingerprint density at radius 2 is 1.48 bits per heavy atom. The van der Waals surface area contributed by atoms with Crippen LogP contribution in [0.25, 0.3) is 0 Å². The molecule has 0 saturated carbocycles. The molecule has 31 heavy (non-hydrogen) atoms. The molecule has 0 saturated heterocycles. The SMILES string of the molecule is COc1ccc(NCc2ccc(C(=O)Nc3ccccc3NC(=O)O)cc2)cc1OC. The number of carbonyl (C=O) groups is 2. The highest BCUT2D eigenvalue weighted by Crippen LogP contribution is 2.30. The summed E-state index contributed by atoms with van der Waals surface area (Å²) in [6.45, 7) is 0.558. The number of para-hydroxylation sites is 2. The number of nitrogens with one attached hydrogen (secondary N) is 3. The molecule has 0 heterocycles. The Morgan fingerprint density at radius 3 is 2.10 bits per heavy atom. The molecule has 0 aliphatic heterocycles. The summed E-state index contributed by atoms with van der Waals surface area (Å²) in [5.41, 5.74) is 3.01. The molecule has 3 aromatic rings. The van der Waals surface area contributed by atoms with Crippen LogP contribution in [0.15, 0.2) is 66.7 Å². The normalized spacial score (nSPS) is 10.1. The fourth-order valence-corrected chi connectivity index (χ4v) is 2.94. The van der Waals surface area contributed by atoms with E-state index in [9.17, 15) is 9.59 Å². The number of ether oxygens (including phenoxy) is 2. The zero-order chi connectivity index (χ0) is 22.2. The average Bonchev–Trinajstić information content (AvgIpc) is 2.78. The molecule has 3 aromatic carbocycles. The molecule has 8 nitrogen and oxygen atoms in total. The molecule has 2 amide bonds. The molecule has 8 heteroatoms. The number of anilines is 3. The molecular formula is C23H23N3O5. The van der Waals surface area contributed by atoms with E-state index in [1.54, 1.807) is 50.6 Å². The van der Waals surface area contributed by atoms with Gasteiger partial charge in [0.05, 0.1) is 25.6 Å². The van der Waals surface area contributed by atoms with Crippen molar-refractivity contribution in [3.63, 3.8) is 0 Å². The van der Waals surface area contributed by atoms with Crippen LogP contribution in [0, 0.1) is 0 Å². The van der Waals surface area contributed by atoms with Crippen molar-refractivity contribution in [1.29, 1.82) is 0 Å². The average molecular weight is 421 g/mol. The summed E-state index contributed by atoms with van der Waals surface area (Å²) in [4.78, 5) is 23.4. The van der Waals surface area contributed by atoms with Crippen molar-refractivity contribution >= 4 is 29.1 Å². The van der Waals surface area contributed by atoms with Crippen LogP contribution in [0.1, 0.15) is 15.9 Å². The summed E-state index contributed by atoms with van der Waals surface area (Å²) in [6.07, 6.45) is -1.20. The van der Waals surface area contributed by atoms with Gasteiger partial charge in [-0.2, -0.15) is 0 Å². The van der Waals surface area contributed by atoms with E-state index in [1.807, 2.05) is 30.3 Å². The Morgan fingerprint density at radius 1 is 0.839 bits per heavy atom. The minimum Gasteiger partial charge on any atom is -0.493 e. The van der Waals surface area contributed by atoms with Gasteiger partial charge >= 0.3 is 6.09 Å². The first-order valence-electron chi connectivity index (χ1n) is 9.45. The lowest BCUT2D eigenvalue weighted by Crippen LogP contribution is -2.15. The van der Waals surface area contributed by atoms with Gasteiger partial charge in [0.15, 0.2) is 11.5 Å². The summed E-state index contributed by atoms with van der Waals surface area (Å²) < 4.78 is 10.5. The molecule has 0 aliphatic rings. The van der Waals surface area contributed by atoms with Crippen molar-refractivity contribution < 1.29 is 24.2 Å². The molecular weight excluding hydrogens is 398 g/mol. The summed E-state index contributed by atoms with van der Waals surface area (Å²) in [6, 6.07) is 19.3. The first-order chi connectivity index (χ1) is 15.0. The third-order valence-electron chi connectivity index (χ3n) is 4.51. The summed E-state index contributed by atoms with van der Waals surface area (Å²) in [5, 5.41) is 17.2. The molecule has 0 unspecified atom stereocenters. The first-order valence-corrected chi connectivity index (χ1v) is 9.45. The third-order valence-corrected chi connectivity index (χ3v) is 4.51. The maximum atomic E-state index is 12.5. The van der Waals surface area contributed by atoms with Crippen LogP contribution >= 0.6 is 0 Å². The van der Waals surface area contributed by atoms with Crippen LogP contribution in [-0.2, 0) is 6.54 Å². The number of benzene rings is 3. The predicted octanol–water partition coefficient (Wildman–Crippen LogP) is 4.66. The van der Waals surface area contributed by atoms with E-state index < -0.39 is 6.09 Å². The number of methoxy groups -OCH3 is 2. The standard InChI is InChI=1S/C23H23N3O5/c1-30-20-12-11-17(13-21(20)31-2)24-14-15-7-9-16(10-8-15)22(27)25-18-5-3-4-6-19(18)26-23(28)29/h3-13,24,26H,14H2,1-2H3,(H,25,27)(H,28,29). The van der Waals surface area contributed by atoms with Gasteiger partial charge in [0, 0.05) is 23.9 Å². The predicted molar refractivity (Wildman–Crippen MR) is 119 cm³/mol. The van der Waals surface area contributed by atoms with E-state index in [-0.39, 0.29) is 5.91 Å². The van der Waals surface area contributed by atoms with Gasteiger partial charge in [0.1, 0.15) is 0 Å². The lowest BCUT2D eigenvalue weighted by atomic mass is 10.1. The number of carbonyl (C=O) groups excluding carboxylic acids is 1. The van der Waals surface area contributed by atoms with E-state index in [2.05, 4.69) is 16.0 Å². The zero-order valence-electron chi connectivity index (χ0n) is 17.1. The number of hydrogen-bond donors (Lipinski definition) is 4. The van der Waals surface area contributed by atoms with E-state index in [0.717, 1.165) is 11.3 Å². The maximum Gasteiger partial charge on any atom is 0.409 e. The van der Waals surface area contributed by atoms with Gasteiger partial charge < -0.3 is 25.2 Å². The van der Waals surface area contributed by atoms with Crippen LogP contribution in [0.2, 0.25) is 0 Å². The van der Waals surface area contributed by atoms with Gasteiger partial charge in [-0.1, -0.05) is 24.3 Å². The monoisotopic (exact) mass is 421 g/mol. The fourth-order valence-electron chi connectivity index (χ4n) is 2.94. The van der Waals surface area contributed by atoms with Gasteiger partial charge in [-0.3, -0.25) is 10.1 Å². The van der Waals surface area contributed by atoms with Gasteiger partial charge in [-0.05, 0) is 42.0 Å². The second kappa shape index (κ2) is 10.0. The minimum atomic E-state index is -1.20. The Labute approximate surface area is 179 Å². The van der Waals surface area contributed by atoms with Gasteiger partial charge in [0.2, 0.25) is 0 Å². The summed E-state index contributed by atoms with van der Waals surface area (Å²) in [5.74, 6) is 0.958. The van der Waals surface area contributed by atoms with Gasteiger partial charge in [-0.25, -0.2) is 4.79 Å². The Kier molecular flexibility index (Phi) is 6.95. The maximum absolute atomic E-state index is 12.5. The van der Waals surface area contributed by atoms with Gasteiger partial charge in [0.25, 0.3) is 5.91 Å². The Balaban J connectivity index is 1.63. The number of hydrogen-bond acceptors (Lipinski definition) is 5. The third kappa shape index (κ3) is 5.66. The number of amides is 2. The number of carboxylic acid groups (broad SMARTS) is 1. The highest BCUT2D eigenvalue weighted by molar-refractivity contribution is 6.06. The smallest absolute Gasteiger partial charge is 0.409 e. The van der Waals surface area contributed by atoms with Crippen molar-refractivity contribution in [1.82, 2.24) is 0 Å². The topological polar surface area (TPSA) is 109 Å². The van der Waals surface area contributed by atoms with Crippen molar-refractivity contribution in [3.8, 4) is 11.5 Å². The molecule has 0 aliphatic carbocycles. The lowest BCUT2D eigenvalue weighted by Gasteiger charge is -2.12. The molecule has 0 atom stereocenters. The Hall–Kier alpha value is -4.20. The van der Waals surface area contributed by atoms with E-state index in [1.165, 1.54) is 0 Å². The quantitative estimate of drug-likeness (QED) is 0.421. The van der Waals surface area contributed by atoms with E-state index >= 15 is 0 Å². The molecule has 0 fully saturated rings. The van der Waals surface area contributed by atoms with Crippen LogP contribution < -0.4 is 25.4 Å². The van der Waals surface area contributed by atoms with Crippen molar-refractivity contribution in [2.45, 2.75) is 6.54 Å². The molecule has 0 bridgehead atoms. The van der Waals surface area contributed by atoms with Gasteiger partial charge in [-0.15, -0.1) is 0 Å². The molecule has 0 spiro atoms. The molecule has 0 aromatic heterocycles. The second-order valence-corrected chi connectivity index (χ2v) is 6.55. The van der Waals surface area contributed by atoms with Crippen molar-refractivity contribution in [2.75, 3.05) is 30.2 Å². The molecule has 3 rings (SSSR count). The van der Waals surface area contributed by atoms with Crippen molar-refractivity contribution in [3.05, 3.63) is 77.9 Å². The van der Waals surface area contributed by atoms with E-state index in [0.29, 0.717) is 35.0 Å². The van der Waals surface area contributed by atoms with Crippen LogP contribution in [0.4, 0.5) is 21.9 Å².